The van der Waals surface area contributed by atoms with Gasteiger partial charge in [-0.05, 0) is 30.0 Å². The Balaban J connectivity index is 1.79. The Morgan fingerprint density at radius 2 is 1.72 bits per heavy atom. The van der Waals surface area contributed by atoms with Crippen LogP contribution in [0.1, 0.15) is 60.0 Å². The van der Waals surface area contributed by atoms with Crippen LogP contribution in [-0.2, 0) is 13.1 Å². The van der Waals surface area contributed by atoms with E-state index >= 15 is 0 Å². The van der Waals surface area contributed by atoms with Crippen molar-refractivity contribution in [2.45, 2.75) is 51.6 Å². The molecule has 2 nitrogen and oxygen atoms in total. The zero-order valence-electron chi connectivity index (χ0n) is 10.9. The summed E-state index contributed by atoms with van der Waals surface area (Å²) in [5, 5.41) is 3.33. The van der Waals surface area contributed by atoms with E-state index in [1.165, 1.54) is 36.8 Å². The van der Waals surface area contributed by atoms with Crippen molar-refractivity contribution in [2.24, 2.45) is 5.92 Å². The molecule has 2 heteroatoms. The van der Waals surface area contributed by atoms with Crippen molar-refractivity contribution in [3.63, 3.8) is 0 Å². The maximum Gasteiger partial charge on any atom is 0.165 e. The number of Topliss-reactive ketones (excluding diaryl/α,β-unsaturated/α-hetero) is 1. The van der Waals surface area contributed by atoms with E-state index in [1.807, 2.05) is 6.07 Å². The number of rotatable bonds is 2. The molecule has 0 spiro atoms. The van der Waals surface area contributed by atoms with Crippen molar-refractivity contribution in [3.05, 3.63) is 34.9 Å². The summed E-state index contributed by atoms with van der Waals surface area (Å²) in [6.45, 7) is 1.87. The van der Waals surface area contributed by atoms with Crippen molar-refractivity contribution >= 4 is 5.78 Å². The number of benzene rings is 1. The van der Waals surface area contributed by atoms with E-state index < -0.39 is 0 Å². The summed E-state index contributed by atoms with van der Waals surface area (Å²) in [5.74, 6) is 0.659. The molecule has 96 valence electrons. The first-order valence-electron chi connectivity index (χ1n) is 7.21. The first kappa shape index (κ1) is 11.9. The van der Waals surface area contributed by atoms with Crippen molar-refractivity contribution in [1.29, 1.82) is 0 Å². The van der Waals surface area contributed by atoms with E-state index in [1.54, 1.807) is 0 Å². The fourth-order valence-corrected chi connectivity index (χ4v) is 3.23. The predicted molar refractivity (Wildman–Crippen MR) is 72.5 cm³/mol. The summed E-state index contributed by atoms with van der Waals surface area (Å²) in [4.78, 5) is 12.5. The van der Waals surface area contributed by atoms with Crippen molar-refractivity contribution in [2.75, 3.05) is 0 Å². The molecule has 0 bridgehead atoms. The highest BCUT2D eigenvalue weighted by molar-refractivity contribution is 5.98. The monoisotopic (exact) mass is 243 g/mol. The van der Waals surface area contributed by atoms with Crippen molar-refractivity contribution < 1.29 is 4.79 Å². The first-order valence-corrected chi connectivity index (χ1v) is 7.21. The van der Waals surface area contributed by atoms with Crippen LogP contribution in [0.15, 0.2) is 18.2 Å². The maximum absolute atomic E-state index is 12.5. The lowest BCUT2D eigenvalue weighted by Crippen LogP contribution is -2.14. The van der Waals surface area contributed by atoms with Gasteiger partial charge in [-0.3, -0.25) is 4.79 Å². The molecule has 1 aliphatic carbocycles. The second kappa shape index (κ2) is 5.23. The minimum atomic E-state index is 0.278. The SMILES string of the molecule is O=C(c1ccc2c(c1)CNC2)C1CCCCCC1. The summed E-state index contributed by atoms with van der Waals surface area (Å²) >= 11 is 0. The summed E-state index contributed by atoms with van der Waals surface area (Å²) in [6, 6.07) is 6.26. The van der Waals surface area contributed by atoms with Gasteiger partial charge in [-0.2, -0.15) is 0 Å². The zero-order chi connectivity index (χ0) is 12.4. The third-order valence-electron chi connectivity index (χ3n) is 4.35. The quantitative estimate of drug-likeness (QED) is 0.637. The molecular weight excluding hydrogens is 222 g/mol. The second-order valence-electron chi connectivity index (χ2n) is 5.64. The Hall–Kier alpha value is -1.15. The third kappa shape index (κ3) is 2.35. The molecule has 1 heterocycles. The van der Waals surface area contributed by atoms with Crippen LogP contribution in [0.2, 0.25) is 0 Å². The largest absolute Gasteiger partial charge is 0.309 e. The molecule has 18 heavy (non-hydrogen) atoms. The van der Waals surface area contributed by atoms with Gasteiger partial charge in [0.2, 0.25) is 0 Å². The van der Waals surface area contributed by atoms with Gasteiger partial charge in [0, 0.05) is 24.6 Å². The Morgan fingerprint density at radius 1 is 1.00 bits per heavy atom. The summed E-state index contributed by atoms with van der Waals surface area (Å²) in [7, 11) is 0. The predicted octanol–water partition coefficient (Wildman–Crippen LogP) is 3.44. The number of fused-ring (bicyclic) bond motifs is 1. The van der Waals surface area contributed by atoms with E-state index in [4.69, 9.17) is 0 Å². The van der Waals surface area contributed by atoms with Gasteiger partial charge in [0.05, 0.1) is 0 Å². The standard InChI is InChI=1S/C16H21NO/c18-16(12-5-3-1-2-4-6-12)13-7-8-14-10-17-11-15(14)9-13/h7-9,12,17H,1-6,10-11H2. The summed E-state index contributed by atoms with van der Waals surface area (Å²) in [5.41, 5.74) is 3.60. The molecule has 1 saturated carbocycles. The van der Waals surface area contributed by atoms with Crippen LogP contribution in [0.25, 0.3) is 0 Å². The van der Waals surface area contributed by atoms with Crippen molar-refractivity contribution in [1.82, 2.24) is 5.32 Å². The minimum absolute atomic E-state index is 0.278. The molecule has 0 atom stereocenters. The zero-order valence-corrected chi connectivity index (χ0v) is 10.9. The first-order chi connectivity index (χ1) is 8.84. The topological polar surface area (TPSA) is 29.1 Å². The van der Waals surface area contributed by atoms with Gasteiger partial charge in [0.25, 0.3) is 0 Å². The summed E-state index contributed by atoms with van der Waals surface area (Å²) < 4.78 is 0. The Morgan fingerprint density at radius 3 is 2.50 bits per heavy atom. The highest BCUT2D eigenvalue weighted by Crippen LogP contribution is 2.27. The normalized spacial score (nSPS) is 20.4. The van der Waals surface area contributed by atoms with Gasteiger partial charge in [-0.1, -0.05) is 37.8 Å². The molecule has 1 N–H and O–H groups in total. The van der Waals surface area contributed by atoms with Gasteiger partial charge in [-0.15, -0.1) is 0 Å². The van der Waals surface area contributed by atoms with Gasteiger partial charge >= 0.3 is 0 Å². The number of hydrogen-bond acceptors (Lipinski definition) is 2. The molecule has 0 radical (unpaired) electrons. The molecule has 0 amide bonds. The van der Waals surface area contributed by atoms with Crippen LogP contribution in [0.4, 0.5) is 0 Å². The van der Waals surface area contributed by atoms with Crippen molar-refractivity contribution in [3.8, 4) is 0 Å². The average Bonchev–Trinajstić information content (AvgIpc) is 2.69. The number of hydrogen-bond donors (Lipinski definition) is 1. The number of carbonyl (C=O) groups is 1. The van der Waals surface area contributed by atoms with Crippen LogP contribution in [0.5, 0.6) is 0 Å². The highest BCUT2D eigenvalue weighted by atomic mass is 16.1. The highest BCUT2D eigenvalue weighted by Gasteiger charge is 2.22. The molecule has 2 aliphatic rings. The lowest BCUT2D eigenvalue weighted by atomic mass is 9.90. The summed E-state index contributed by atoms with van der Waals surface area (Å²) in [6.07, 6.45) is 7.24. The van der Waals surface area contributed by atoms with E-state index in [-0.39, 0.29) is 5.92 Å². The molecule has 1 aromatic rings. The fourth-order valence-electron chi connectivity index (χ4n) is 3.23. The minimum Gasteiger partial charge on any atom is -0.309 e. The van der Waals surface area contributed by atoms with E-state index in [9.17, 15) is 4.79 Å². The Bertz CT molecular complexity index is 444. The van der Waals surface area contributed by atoms with Crippen LogP contribution in [0, 0.1) is 5.92 Å². The molecular formula is C16H21NO. The van der Waals surface area contributed by atoms with Crippen LogP contribution in [-0.4, -0.2) is 5.78 Å². The molecule has 0 saturated heterocycles. The average molecular weight is 243 g/mol. The van der Waals surface area contributed by atoms with Crippen LogP contribution < -0.4 is 5.32 Å². The van der Waals surface area contributed by atoms with E-state index in [0.29, 0.717) is 5.78 Å². The maximum atomic E-state index is 12.5. The molecule has 1 aliphatic heterocycles. The Kier molecular flexibility index (Phi) is 3.46. The molecule has 1 aromatic carbocycles. The number of ketones is 1. The van der Waals surface area contributed by atoms with Gasteiger partial charge in [0.1, 0.15) is 0 Å². The lowest BCUT2D eigenvalue weighted by molar-refractivity contribution is 0.0908. The van der Waals surface area contributed by atoms with E-state index in [0.717, 1.165) is 31.5 Å². The van der Waals surface area contributed by atoms with Gasteiger partial charge in [-0.25, -0.2) is 0 Å². The van der Waals surface area contributed by atoms with Gasteiger partial charge < -0.3 is 5.32 Å². The van der Waals surface area contributed by atoms with Crippen LogP contribution in [0.3, 0.4) is 0 Å². The molecule has 0 unspecified atom stereocenters. The Labute approximate surface area is 109 Å². The lowest BCUT2D eigenvalue weighted by Gasteiger charge is -2.13. The molecule has 1 fully saturated rings. The fraction of sp³-hybridized carbons (Fsp3) is 0.562. The third-order valence-corrected chi connectivity index (χ3v) is 4.35. The smallest absolute Gasteiger partial charge is 0.165 e. The molecule has 3 rings (SSSR count). The van der Waals surface area contributed by atoms with Gasteiger partial charge in [0.15, 0.2) is 5.78 Å². The van der Waals surface area contributed by atoms with Crippen LogP contribution >= 0.6 is 0 Å². The number of carbonyl (C=O) groups excluding carboxylic acids is 1. The van der Waals surface area contributed by atoms with E-state index in [2.05, 4.69) is 17.4 Å². The molecule has 0 aromatic heterocycles. The second-order valence-corrected chi connectivity index (χ2v) is 5.64. The number of nitrogens with one attached hydrogen (secondary N) is 1.